The molecular formula is C28H28F3N7O2. The average molecular weight is 552 g/mol. The summed E-state index contributed by atoms with van der Waals surface area (Å²) >= 11 is 0. The van der Waals surface area contributed by atoms with Gasteiger partial charge >= 0.3 is 6.18 Å². The Morgan fingerprint density at radius 3 is 2.33 bits per heavy atom. The minimum absolute atomic E-state index is 0.125. The Morgan fingerprint density at radius 1 is 0.925 bits per heavy atom. The molecule has 40 heavy (non-hydrogen) atoms. The van der Waals surface area contributed by atoms with Crippen molar-refractivity contribution in [2.75, 3.05) is 43.4 Å². The van der Waals surface area contributed by atoms with Crippen LogP contribution in [0.25, 0.3) is 0 Å². The van der Waals surface area contributed by atoms with E-state index in [0.29, 0.717) is 30.2 Å². The summed E-state index contributed by atoms with van der Waals surface area (Å²) in [5, 5.41) is 12.8. The Morgan fingerprint density at radius 2 is 1.68 bits per heavy atom. The SMILES string of the molecule is CCN1CCN(Cc2ccc(C(=O)Nc3cc(C#Cc4ccc(NC(C)=O)nn4)ccn3)cc2C(F)(F)F)CC1. The summed E-state index contributed by atoms with van der Waals surface area (Å²) in [4.78, 5) is 32.3. The zero-order valence-corrected chi connectivity index (χ0v) is 22.0. The molecule has 0 unspecified atom stereocenters. The lowest BCUT2D eigenvalue weighted by molar-refractivity contribution is -0.138. The summed E-state index contributed by atoms with van der Waals surface area (Å²) < 4.78 is 41.8. The maximum Gasteiger partial charge on any atom is 0.416 e. The fourth-order valence-corrected chi connectivity index (χ4v) is 4.17. The van der Waals surface area contributed by atoms with E-state index in [-0.39, 0.29) is 29.4 Å². The van der Waals surface area contributed by atoms with Crippen LogP contribution in [0.5, 0.6) is 0 Å². The number of aromatic nitrogens is 3. The van der Waals surface area contributed by atoms with E-state index in [4.69, 9.17) is 0 Å². The third kappa shape index (κ3) is 7.84. The second kappa shape index (κ2) is 12.7. The number of nitrogens with one attached hydrogen (secondary N) is 2. The third-order valence-corrected chi connectivity index (χ3v) is 6.29. The third-order valence-electron chi connectivity index (χ3n) is 6.29. The van der Waals surface area contributed by atoms with Crippen LogP contribution >= 0.6 is 0 Å². The molecule has 2 N–H and O–H groups in total. The van der Waals surface area contributed by atoms with Crippen LogP contribution in [0.4, 0.5) is 24.8 Å². The Bertz CT molecular complexity index is 1420. The molecule has 9 nitrogen and oxygen atoms in total. The number of amides is 2. The number of hydrogen-bond acceptors (Lipinski definition) is 7. The van der Waals surface area contributed by atoms with Gasteiger partial charge < -0.3 is 15.5 Å². The fourth-order valence-electron chi connectivity index (χ4n) is 4.17. The molecule has 4 rings (SSSR count). The highest BCUT2D eigenvalue weighted by molar-refractivity contribution is 6.04. The first-order chi connectivity index (χ1) is 19.1. The predicted molar refractivity (Wildman–Crippen MR) is 143 cm³/mol. The molecule has 0 atom stereocenters. The van der Waals surface area contributed by atoms with E-state index < -0.39 is 17.6 Å². The van der Waals surface area contributed by atoms with Crippen molar-refractivity contribution in [3.8, 4) is 11.8 Å². The Hall–Kier alpha value is -4.34. The molecule has 1 saturated heterocycles. The molecule has 208 valence electrons. The predicted octanol–water partition coefficient (Wildman–Crippen LogP) is 3.64. The first kappa shape index (κ1) is 28.7. The summed E-state index contributed by atoms with van der Waals surface area (Å²) in [6.45, 7) is 7.50. The smallest absolute Gasteiger partial charge is 0.309 e. The molecule has 0 saturated carbocycles. The summed E-state index contributed by atoms with van der Waals surface area (Å²) in [5.41, 5.74) is 0.0321. The number of pyridine rings is 1. The molecule has 1 aromatic carbocycles. The Labute approximate surface area is 229 Å². The van der Waals surface area contributed by atoms with Gasteiger partial charge in [-0.2, -0.15) is 13.2 Å². The van der Waals surface area contributed by atoms with Gasteiger partial charge in [0.25, 0.3) is 5.91 Å². The molecule has 2 aromatic heterocycles. The van der Waals surface area contributed by atoms with Crippen LogP contribution in [-0.2, 0) is 17.5 Å². The molecule has 3 heterocycles. The van der Waals surface area contributed by atoms with Crippen LogP contribution in [0, 0.1) is 11.8 Å². The Kier molecular flexibility index (Phi) is 9.08. The van der Waals surface area contributed by atoms with Crippen molar-refractivity contribution < 1.29 is 22.8 Å². The van der Waals surface area contributed by atoms with E-state index in [2.05, 4.69) is 49.5 Å². The number of halogens is 3. The number of piperazine rings is 1. The van der Waals surface area contributed by atoms with Gasteiger partial charge in [0.15, 0.2) is 5.82 Å². The number of alkyl halides is 3. The number of hydrogen-bond donors (Lipinski definition) is 2. The minimum Gasteiger partial charge on any atom is -0.309 e. The zero-order chi connectivity index (χ0) is 28.7. The lowest BCUT2D eigenvalue weighted by Crippen LogP contribution is -2.45. The van der Waals surface area contributed by atoms with Crippen LogP contribution in [0.1, 0.15) is 46.6 Å². The summed E-state index contributed by atoms with van der Waals surface area (Å²) in [6, 6.07) is 9.91. The van der Waals surface area contributed by atoms with Gasteiger partial charge in [-0.3, -0.25) is 14.5 Å². The van der Waals surface area contributed by atoms with Gasteiger partial charge in [-0.1, -0.05) is 18.9 Å². The van der Waals surface area contributed by atoms with Crippen molar-refractivity contribution in [3.63, 3.8) is 0 Å². The second-order valence-corrected chi connectivity index (χ2v) is 9.20. The lowest BCUT2D eigenvalue weighted by Gasteiger charge is -2.34. The minimum atomic E-state index is -4.60. The van der Waals surface area contributed by atoms with E-state index >= 15 is 0 Å². The van der Waals surface area contributed by atoms with Gasteiger partial charge in [0, 0.05) is 57.0 Å². The van der Waals surface area contributed by atoms with Crippen LogP contribution < -0.4 is 10.6 Å². The van der Waals surface area contributed by atoms with E-state index in [9.17, 15) is 22.8 Å². The summed E-state index contributed by atoms with van der Waals surface area (Å²) in [5.74, 6) is 5.12. The lowest BCUT2D eigenvalue weighted by atomic mass is 10.0. The van der Waals surface area contributed by atoms with Gasteiger partial charge in [0.2, 0.25) is 5.91 Å². The van der Waals surface area contributed by atoms with Crippen molar-refractivity contribution in [1.29, 1.82) is 0 Å². The van der Waals surface area contributed by atoms with E-state index in [1.54, 1.807) is 18.2 Å². The number of carbonyl (C=O) groups is 2. The van der Waals surface area contributed by atoms with Crippen molar-refractivity contribution in [2.45, 2.75) is 26.6 Å². The van der Waals surface area contributed by atoms with Gasteiger partial charge in [0.1, 0.15) is 11.5 Å². The van der Waals surface area contributed by atoms with Crippen molar-refractivity contribution >= 4 is 23.5 Å². The first-order valence-corrected chi connectivity index (χ1v) is 12.7. The van der Waals surface area contributed by atoms with E-state index in [0.717, 1.165) is 25.7 Å². The maximum absolute atomic E-state index is 13.9. The zero-order valence-electron chi connectivity index (χ0n) is 22.0. The van der Waals surface area contributed by atoms with Gasteiger partial charge in [-0.15, -0.1) is 10.2 Å². The molecule has 0 radical (unpaired) electrons. The average Bonchev–Trinajstić information content (AvgIpc) is 2.92. The quantitative estimate of drug-likeness (QED) is 0.451. The molecule has 3 aromatic rings. The van der Waals surface area contributed by atoms with Crippen molar-refractivity contribution in [2.24, 2.45) is 0 Å². The first-order valence-electron chi connectivity index (χ1n) is 12.7. The van der Waals surface area contributed by atoms with Gasteiger partial charge in [0.05, 0.1) is 5.56 Å². The molecule has 2 amide bonds. The molecule has 1 aliphatic rings. The van der Waals surface area contributed by atoms with Gasteiger partial charge in [-0.05, 0) is 54.4 Å². The van der Waals surface area contributed by atoms with E-state index in [1.807, 2.05) is 4.90 Å². The van der Waals surface area contributed by atoms with E-state index in [1.165, 1.54) is 31.3 Å². The summed E-state index contributed by atoms with van der Waals surface area (Å²) in [6.07, 6.45) is -3.18. The molecule has 0 aliphatic carbocycles. The normalized spacial score (nSPS) is 14.2. The van der Waals surface area contributed by atoms with Crippen LogP contribution in [0.2, 0.25) is 0 Å². The maximum atomic E-state index is 13.9. The topological polar surface area (TPSA) is 103 Å². The highest BCUT2D eigenvalue weighted by Crippen LogP contribution is 2.33. The molecule has 1 fully saturated rings. The highest BCUT2D eigenvalue weighted by Gasteiger charge is 2.34. The number of anilines is 2. The monoisotopic (exact) mass is 551 g/mol. The molecular weight excluding hydrogens is 523 g/mol. The van der Waals surface area contributed by atoms with Gasteiger partial charge in [-0.25, -0.2) is 4.98 Å². The molecule has 12 heteroatoms. The fraction of sp³-hybridized carbons (Fsp3) is 0.321. The van der Waals surface area contributed by atoms with Crippen molar-refractivity contribution in [3.05, 3.63) is 76.6 Å². The second-order valence-electron chi connectivity index (χ2n) is 9.20. The van der Waals surface area contributed by atoms with Crippen LogP contribution in [-0.4, -0.2) is 69.5 Å². The Balaban J connectivity index is 1.45. The molecule has 0 bridgehead atoms. The number of carbonyl (C=O) groups excluding carboxylic acids is 2. The number of benzene rings is 1. The highest BCUT2D eigenvalue weighted by atomic mass is 19.4. The standard InChI is InChI=1S/C28H28F3N7O2/c1-3-37-12-14-38(15-13-37)18-22-6-5-21(17-24(22)28(29,30)31)27(40)34-26-16-20(10-11-32-26)4-7-23-8-9-25(36-35-23)33-19(2)39/h5-6,8-11,16-17H,3,12-15,18H2,1-2H3,(H,32,34,40)(H,33,36,39). The molecule has 1 aliphatic heterocycles. The largest absolute Gasteiger partial charge is 0.416 e. The van der Waals surface area contributed by atoms with Crippen molar-refractivity contribution in [1.82, 2.24) is 25.0 Å². The number of nitrogens with zero attached hydrogens (tertiary/aromatic N) is 5. The van der Waals surface area contributed by atoms with Crippen LogP contribution in [0.3, 0.4) is 0 Å². The number of likely N-dealkylation sites (N-methyl/N-ethyl adjacent to an activating group) is 1. The number of rotatable bonds is 6. The molecule has 0 spiro atoms. The van der Waals surface area contributed by atoms with Crippen LogP contribution in [0.15, 0.2) is 48.7 Å². The summed E-state index contributed by atoms with van der Waals surface area (Å²) in [7, 11) is 0.